The highest BCUT2D eigenvalue weighted by molar-refractivity contribution is 4.95. The van der Waals surface area contributed by atoms with Crippen molar-refractivity contribution in [2.24, 2.45) is 23.2 Å². The van der Waals surface area contributed by atoms with Crippen molar-refractivity contribution in [2.75, 3.05) is 0 Å². The third-order valence-corrected chi connectivity index (χ3v) is 4.56. The van der Waals surface area contributed by atoms with Crippen molar-refractivity contribution in [2.45, 2.75) is 52.9 Å². The van der Waals surface area contributed by atoms with Gasteiger partial charge < -0.3 is 0 Å². The van der Waals surface area contributed by atoms with Gasteiger partial charge in [0.05, 0.1) is 0 Å². The number of hydrogen-bond donors (Lipinski definition) is 0. The Morgan fingerprint density at radius 3 is 2.42 bits per heavy atom. The van der Waals surface area contributed by atoms with Gasteiger partial charge in [-0.25, -0.2) is 0 Å². The Labute approximate surface area is 76.7 Å². The molecular weight excluding hydrogens is 144 g/mol. The molecular formula is C12H22. The maximum Gasteiger partial charge on any atom is -0.0328 e. The summed E-state index contributed by atoms with van der Waals surface area (Å²) in [5.74, 6) is 3.34. The van der Waals surface area contributed by atoms with Crippen LogP contribution in [0.2, 0.25) is 0 Å². The molecule has 0 radical (unpaired) electrons. The number of hydrogen-bond acceptors (Lipinski definition) is 0. The van der Waals surface area contributed by atoms with Gasteiger partial charge in [0.25, 0.3) is 0 Å². The summed E-state index contributed by atoms with van der Waals surface area (Å²) >= 11 is 0. The van der Waals surface area contributed by atoms with Gasteiger partial charge in [-0.15, -0.1) is 0 Å². The van der Waals surface area contributed by atoms with Crippen LogP contribution in [0.3, 0.4) is 0 Å². The molecule has 0 aromatic carbocycles. The fourth-order valence-corrected chi connectivity index (χ4v) is 2.85. The Morgan fingerprint density at radius 2 is 1.83 bits per heavy atom. The molecule has 0 heterocycles. The summed E-state index contributed by atoms with van der Waals surface area (Å²) < 4.78 is 0. The Bertz CT molecular complexity index is 169. The van der Waals surface area contributed by atoms with E-state index in [1.807, 2.05) is 0 Å². The molecule has 0 bridgehead atoms. The molecule has 0 amide bonds. The fourth-order valence-electron chi connectivity index (χ4n) is 2.85. The summed E-state index contributed by atoms with van der Waals surface area (Å²) in [6.45, 7) is 7.26. The minimum atomic E-state index is 0.619. The van der Waals surface area contributed by atoms with Gasteiger partial charge in [-0.1, -0.05) is 27.2 Å². The summed E-state index contributed by atoms with van der Waals surface area (Å²) in [7, 11) is 0. The minimum Gasteiger partial charge on any atom is -0.0649 e. The zero-order chi connectivity index (χ0) is 8.77. The zero-order valence-corrected chi connectivity index (χ0v) is 8.77. The van der Waals surface area contributed by atoms with Crippen LogP contribution in [0.4, 0.5) is 0 Å². The molecule has 3 unspecified atom stereocenters. The van der Waals surface area contributed by atoms with Gasteiger partial charge in [-0.2, -0.15) is 0 Å². The molecule has 0 heteroatoms. The van der Waals surface area contributed by atoms with Crippen LogP contribution in [0.25, 0.3) is 0 Å². The van der Waals surface area contributed by atoms with Crippen molar-refractivity contribution in [3.8, 4) is 0 Å². The van der Waals surface area contributed by atoms with Gasteiger partial charge in [0, 0.05) is 0 Å². The zero-order valence-electron chi connectivity index (χ0n) is 8.77. The first kappa shape index (κ1) is 8.59. The van der Waals surface area contributed by atoms with Gasteiger partial charge >= 0.3 is 0 Å². The molecule has 12 heavy (non-hydrogen) atoms. The molecule has 0 aromatic rings. The van der Waals surface area contributed by atoms with Crippen molar-refractivity contribution in [1.29, 1.82) is 0 Å². The normalized spacial score (nSPS) is 40.8. The quantitative estimate of drug-likeness (QED) is 0.584. The average Bonchev–Trinajstić information content (AvgIpc) is 2.81. The number of fused-ring (bicyclic) bond motifs is 1. The molecule has 2 aliphatic carbocycles. The van der Waals surface area contributed by atoms with Crippen molar-refractivity contribution in [3.05, 3.63) is 0 Å². The molecule has 0 aromatic heterocycles. The van der Waals surface area contributed by atoms with Crippen LogP contribution in [0.5, 0.6) is 0 Å². The highest BCUT2D eigenvalue weighted by Crippen LogP contribution is 2.55. The van der Waals surface area contributed by atoms with E-state index in [9.17, 15) is 0 Å². The van der Waals surface area contributed by atoms with E-state index in [4.69, 9.17) is 0 Å². The molecule has 2 saturated carbocycles. The summed E-state index contributed by atoms with van der Waals surface area (Å²) in [6.07, 6.45) is 7.53. The van der Waals surface area contributed by atoms with Crippen molar-refractivity contribution >= 4 is 0 Å². The van der Waals surface area contributed by atoms with Crippen LogP contribution in [-0.2, 0) is 0 Å². The molecule has 0 aliphatic heterocycles. The maximum absolute atomic E-state index is 2.46. The lowest BCUT2D eigenvalue weighted by molar-refractivity contribution is 0.147. The summed E-state index contributed by atoms with van der Waals surface area (Å²) in [6, 6.07) is 0. The lowest BCUT2D eigenvalue weighted by Gasteiger charge is -2.36. The Morgan fingerprint density at radius 1 is 1.08 bits per heavy atom. The molecule has 70 valence electrons. The minimum absolute atomic E-state index is 0.619. The summed E-state index contributed by atoms with van der Waals surface area (Å²) in [4.78, 5) is 0. The van der Waals surface area contributed by atoms with Gasteiger partial charge in [-0.05, 0) is 48.9 Å². The first-order valence-corrected chi connectivity index (χ1v) is 5.63. The predicted molar refractivity (Wildman–Crippen MR) is 53.0 cm³/mol. The fraction of sp³-hybridized carbons (Fsp3) is 1.00. The molecule has 2 fully saturated rings. The molecule has 0 saturated heterocycles. The molecule has 0 nitrogen and oxygen atoms in total. The van der Waals surface area contributed by atoms with Gasteiger partial charge in [-0.3, -0.25) is 0 Å². The first-order chi connectivity index (χ1) is 5.63. The van der Waals surface area contributed by atoms with Gasteiger partial charge in [0.2, 0.25) is 0 Å². The smallest absolute Gasteiger partial charge is 0.0328 e. The van der Waals surface area contributed by atoms with E-state index in [-0.39, 0.29) is 0 Å². The maximum atomic E-state index is 2.46. The van der Waals surface area contributed by atoms with Crippen LogP contribution < -0.4 is 0 Å². The third-order valence-electron chi connectivity index (χ3n) is 4.56. The standard InChI is InChI=1S/C12H22/c1-4-12(2,3)11-6-5-9-7-10(9)8-11/h9-11H,4-8H2,1-3H3. The molecule has 2 aliphatic rings. The van der Waals surface area contributed by atoms with Crippen LogP contribution in [0, 0.1) is 23.2 Å². The van der Waals surface area contributed by atoms with E-state index in [1.54, 1.807) is 19.3 Å². The molecule has 3 atom stereocenters. The van der Waals surface area contributed by atoms with Gasteiger partial charge in [0.15, 0.2) is 0 Å². The van der Waals surface area contributed by atoms with E-state index in [0.29, 0.717) is 5.41 Å². The average molecular weight is 166 g/mol. The number of rotatable bonds is 2. The molecule has 0 spiro atoms. The second-order valence-electron chi connectivity index (χ2n) is 5.61. The second-order valence-corrected chi connectivity index (χ2v) is 5.61. The monoisotopic (exact) mass is 166 g/mol. The van der Waals surface area contributed by atoms with Crippen LogP contribution >= 0.6 is 0 Å². The van der Waals surface area contributed by atoms with Gasteiger partial charge in [0.1, 0.15) is 0 Å². The largest absolute Gasteiger partial charge is 0.0649 e. The van der Waals surface area contributed by atoms with E-state index >= 15 is 0 Å². The lowest BCUT2D eigenvalue weighted by Crippen LogP contribution is -2.26. The van der Waals surface area contributed by atoms with Crippen LogP contribution in [-0.4, -0.2) is 0 Å². The van der Waals surface area contributed by atoms with Crippen molar-refractivity contribution in [3.63, 3.8) is 0 Å². The second kappa shape index (κ2) is 2.75. The first-order valence-electron chi connectivity index (χ1n) is 5.63. The highest BCUT2D eigenvalue weighted by atomic mass is 14.5. The molecule has 0 N–H and O–H groups in total. The predicted octanol–water partition coefficient (Wildman–Crippen LogP) is 3.86. The summed E-state index contributed by atoms with van der Waals surface area (Å²) in [5, 5.41) is 0. The van der Waals surface area contributed by atoms with E-state index in [0.717, 1.165) is 17.8 Å². The third kappa shape index (κ3) is 1.41. The summed E-state index contributed by atoms with van der Waals surface area (Å²) in [5.41, 5.74) is 0.619. The SMILES string of the molecule is CCC(C)(C)C1CCC2CC2C1. The topological polar surface area (TPSA) is 0 Å². The van der Waals surface area contributed by atoms with Crippen molar-refractivity contribution < 1.29 is 0 Å². The van der Waals surface area contributed by atoms with E-state index < -0.39 is 0 Å². The lowest BCUT2D eigenvalue weighted by atomic mass is 9.70. The van der Waals surface area contributed by atoms with Crippen LogP contribution in [0.1, 0.15) is 52.9 Å². The van der Waals surface area contributed by atoms with Crippen molar-refractivity contribution in [1.82, 2.24) is 0 Å². The Kier molecular flexibility index (Phi) is 1.97. The Hall–Kier alpha value is 0. The van der Waals surface area contributed by atoms with E-state index in [2.05, 4.69) is 20.8 Å². The highest BCUT2D eigenvalue weighted by Gasteiger charge is 2.45. The van der Waals surface area contributed by atoms with Crippen LogP contribution in [0.15, 0.2) is 0 Å². The van der Waals surface area contributed by atoms with E-state index in [1.165, 1.54) is 12.8 Å². The Balaban J connectivity index is 1.95. The molecule has 2 rings (SSSR count).